The van der Waals surface area contributed by atoms with Crippen LogP contribution in [-0.4, -0.2) is 35.5 Å². The standard InChI is InChI=1S/C14H21N3OS/c1-3-15-13-7-12(6-10(2)17-13)14(18)16-8-11-4-5-19-9-11/h6-7,11H,3-5,8-9H2,1-2H3,(H,15,17)(H,16,18). The van der Waals surface area contributed by atoms with Crippen molar-refractivity contribution in [2.45, 2.75) is 20.3 Å². The van der Waals surface area contributed by atoms with E-state index in [2.05, 4.69) is 15.6 Å². The van der Waals surface area contributed by atoms with Gasteiger partial charge in [0, 0.05) is 24.3 Å². The minimum atomic E-state index is 0.00144. The van der Waals surface area contributed by atoms with Gasteiger partial charge in [-0.05, 0) is 49.8 Å². The molecule has 1 saturated heterocycles. The number of nitrogens with zero attached hydrogens (tertiary/aromatic N) is 1. The predicted octanol–water partition coefficient (Wildman–Crippen LogP) is 2.30. The van der Waals surface area contributed by atoms with Crippen LogP contribution in [0, 0.1) is 12.8 Å². The molecule has 1 aromatic heterocycles. The van der Waals surface area contributed by atoms with E-state index in [1.54, 1.807) is 0 Å². The second-order valence-electron chi connectivity index (χ2n) is 4.85. The Morgan fingerprint density at radius 2 is 2.37 bits per heavy atom. The summed E-state index contributed by atoms with van der Waals surface area (Å²) in [6.45, 7) is 5.51. The van der Waals surface area contributed by atoms with E-state index < -0.39 is 0 Å². The van der Waals surface area contributed by atoms with E-state index in [-0.39, 0.29) is 5.91 Å². The zero-order chi connectivity index (χ0) is 13.7. The molecule has 1 amide bonds. The van der Waals surface area contributed by atoms with E-state index in [9.17, 15) is 4.79 Å². The number of rotatable bonds is 5. The zero-order valence-electron chi connectivity index (χ0n) is 11.5. The molecule has 1 aliphatic rings. The summed E-state index contributed by atoms with van der Waals surface area (Å²) < 4.78 is 0. The second-order valence-corrected chi connectivity index (χ2v) is 6.00. The molecule has 1 atom stereocenters. The Bertz CT molecular complexity index is 444. The summed E-state index contributed by atoms with van der Waals surface area (Å²) in [5, 5.41) is 6.18. The first-order valence-corrected chi connectivity index (χ1v) is 7.93. The molecule has 1 aromatic rings. The molecular weight excluding hydrogens is 258 g/mol. The first-order chi connectivity index (χ1) is 9.19. The molecule has 0 bridgehead atoms. The number of carbonyl (C=O) groups excluding carboxylic acids is 1. The molecule has 0 aromatic carbocycles. The molecule has 104 valence electrons. The topological polar surface area (TPSA) is 54.0 Å². The van der Waals surface area contributed by atoms with Crippen LogP contribution < -0.4 is 10.6 Å². The number of amides is 1. The average Bonchev–Trinajstić information content (AvgIpc) is 2.88. The van der Waals surface area contributed by atoms with Gasteiger partial charge >= 0.3 is 0 Å². The van der Waals surface area contributed by atoms with Crippen molar-refractivity contribution in [1.82, 2.24) is 10.3 Å². The van der Waals surface area contributed by atoms with Crippen LogP contribution in [-0.2, 0) is 0 Å². The Labute approximate surface area is 118 Å². The number of pyridine rings is 1. The van der Waals surface area contributed by atoms with Crippen molar-refractivity contribution in [2.75, 3.05) is 29.9 Å². The van der Waals surface area contributed by atoms with Gasteiger partial charge in [0.05, 0.1) is 0 Å². The fourth-order valence-corrected chi connectivity index (χ4v) is 3.44. The van der Waals surface area contributed by atoms with E-state index >= 15 is 0 Å². The lowest BCUT2D eigenvalue weighted by Crippen LogP contribution is -2.29. The highest BCUT2D eigenvalue weighted by Gasteiger charge is 2.17. The van der Waals surface area contributed by atoms with Gasteiger partial charge in [-0.2, -0.15) is 11.8 Å². The van der Waals surface area contributed by atoms with Gasteiger partial charge in [0.2, 0.25) is 0 Å². The molecule has 0 spiro atoms. The van der Waals surface area contributed by atoms with Gasteiger partial charge < -0.3 is 10.6 Å². The highest BCUT2D eigenvalue weighted by Crippen LogP contribution is 2.22. The van der Waals surface area contributed by atoms with Gasteiger partial charge in [-0.1, -0.05) is 0 Å². The molecule has 4 nitrogen and oxygen atoms in total. The number of aryl methyl sites for hydroxylation is 1. The molecular formula is C14H21N3OS. The lowest BCUT2D eigenvalue weighted by Gasteiger charge is -2.11. The summed E-state index contributed by atoms with van der Waals surface area (Å²) in [4.78, 5) is 16.5. The van der Waals surface area contributed by atoms with Crippen LogP contribution in [0.3, 0.4) is 0 Å². The number of aromatic nitrogens is 1. The summed E-state index contributed by atoms with van der Waals surface area (Å²) in [7, 11) is 0. The monoisotopic (exact) mass is 279 g/mol. The number of carbonyl (C=O) groups is 1. The molecule has 2 rings (SSSR count). The number of thioether (sulfide) groups is 1. The molecule has 19 heavy (non-hydrogen) atoms. The van der Waals surface area contributed by atoms with Crippen molar-refractivity contribution in [3.63, 3.8) is 0 Å². The Morgan fingerprint density at radius 1 is 1.53 bits per heavy atom. The largest absolute Gasteiger partial charge is 0.370 e. The smallest absolute Gasteiger partial charge is 0.251 e. The Balaban J connectivity index is 1.97. The summed E-state index contributed by atoms with van der Waals surface area (Å²) in [5.41, 5.74) is 1.55. The van der Waals surface area contributed by atoms with Crippen LogP contribution in [0.25, 0.3) is 0 Å². The third-order valence-electron chi connectivity index (χ3n) is 3.15. The zero-order valence-corrected chi connectivity index (χ0v) is 12.3. The molecule has 2 heterocycles. The first-order valence-electron chi connectivity index (χ1n) is 6.77. The predicted molar refractivity (Wildman–Crippen MR) is 80.9 cm³/mol. The van der Waals surface area contributed by atoms with Crippen LogP contribution in [0.15, 0.2) is 12.1 Å². The van der Waals surface area contributed by atoms with Gasteiger partial charge in [-0.15, -0.1) is 0 Å². The number of hydrogen-bond acceptors (Lipinski definition) is 4. The lowest BCUT2D eigenvalue weighted by molar-refractivity contribution is 0.0948. The van der Waals surface area contributed by atoms with Crippen molar-refractivity contribution in [1.29, 1.82) is 0 Å². The van der Waals surface area contributed by atoms with E-state index in [1.165, 1.54) is 12.2 Å². The molecule has 1 unspecified atom stereocenters. The van der Waals surface area contributed by atoms with E-state index in [0.717, 1.165) is 30.4 Å². The first kappa shape index (κ1) is 14.2. The number of nitrogens with one attached hydrogen (secondary N) is 2. The molecule has 0 aliphatic carbocycles. The van der Waals surface area contributed by atoms with Crippen LogP contribution >= 0.6 is 11.8 Å². The molecule has 0 radical (unpaired) electrons. The third-order valence-corrected chi connectivity index (χ3v) is 4.38. The summed E-state index contributed by atoms with van der Waals surface area (Å²) in [5.74, 6) is 3.79. The van der Waals surface area contributed by atoms with E-state index in [0.29, 0.717) is 11.5 Å². The highest BCUT2D eigenvalue weighted by atomic mass is 32.2. The third kappa shape index (κ3) is 4.13. The maximum Gasteiger partial charge on any atom is 0.251 e. The SMILES string of the molecule is CCNc1cc(C(=O)NCC2CCSC2)cc(C)n1. The van der Waals surface area contributed by atoms with Crippen molar-refractivity contribution in [3.05, 3.63) is 23.4 Å². The number of hydrogen-bond donors (Lipinski definition) is 2. The summed E-state index contributed by atoms with van der Waals surface area (Å²) in [6.07, 6.45) is 1.21. The fraction of sp³-hybridized carbons (Fsp3) is 0.571. The Kier molecular flexibility index (Phi) is 5.07. The molecule has 5 heteroatoms. The van der Waals surface area contributed by atoms with Crippen LogP contribution in [0.2, 0.25) is 0 Å². The maximum atomic E-state index is 12.1. The maximum absolute atomic E-state index is 12.1. The van der Waals surface area contributed by atoms with E-state index in [1.807, 2.05) is 37.7 Å². The molecule has 1 aliphatic heterocycles. The normalized spacial score (nSPS) is 18.3. The molecule has 2 N–H and O–H groups in total. The Morgan fingerprint density at radius 3 is 3.05 bits per heavy atom. The van der Waals surface area contributed by atoms with E-state index in [4.69, 9.17) is 0 Å². The van der Waals surface area contributed by atoms with Crippen LogP contribution in [0.1, 0.15) is 29.4 Å². The summed E-state index contributed by atoms with van der Waals surface area (Å²) in [6, 6.07) is 3.65. The average molecular weight is 279 g/mol. The second kappa shape index (κ2) is 6.80. The van der Waals surface area contributed by atoms with Crippen LogP contribution in [0.5, 0.6) is 0 Å². The molecule has 0 saturated carbocycles. The Hall–Kier alpha value is -1.23. The summed E-state index contributed by atoms with van der Waals surface area (Å²) >= 11 is 1.97. The van der Waals surface area contributed by atoms with Gasteiger partial charge in [0.25, 0.3) is 5.91 Å². The van der Waals surface area contributed by atoms with Crippen molar-refractivity contribution in [3.8, 4) is 0 Å². The highest BCUT2D eigenvalue weighted by molar-refractivity contribution is 7.99. The lowest BCUT2D eigenvalue weighted by atomic mass is 10.1. The van der Waals surface area contributed by atoms with Crippen LogP contribution in [0.4, 0.5) is 5.82 Å². The minimum Gasteiger partial charge on any atom is -0.370 e. The van der Waals surface area contributed by atoms with Gasteiger partial charge in [-0.3, -0.25) is 4.79 Å². The molecule has 1 fully saturated rings. The van der Waals surface area contributed by atoms with Crippen molar-refractivity contribution < 1.29 is 4.79 Å². The fourth-order valence-electron chi connectivity index (χ4n) is 2.15. The van der Waals surface area contributed by atoms with Crippen molar-refractivity contribution >= 4 is 23.5 Å². The minimum absolute atomic E-state index is 0.00144. The quantitative estimate of drug-likeness (QED) is 0.868. The van der Waals surface area contributed by atoms with Gasteiger partial charge in [-0.25, -0.2) is 4.98 Å². The van der Waals surface area contributed by atoms with Crippen molar-refractivity contribution in [2.24, 2.45) is 5.92 Å². The number of anilines is 1. The van der Waals surface area contributed by atoms with Gasteiger partial charge in [0.1, 0.15) is 5.82 Å². The van der Waals surface area contributed by atoms with Gasteiger partial charge in [0.15, 0.2) is 0 Å².